The summed E-state index contributed by atoms with van der Waals surface area (Å²) in [6.07, 6.45) is 1.32. The predicted octanol–water partition coefficient (Wildman–Crippen LogP) is 3.12. The normalized spacial score (nSPS) is 10.6. The molecule has 122 valence electrons. The van der Waals surface area contributed by atoms with Gasteiger partial charge in [0.25, 0.3) is 5.91 Å². The number of amides is 1. The molecular formula is C16H12F2N4O2. The number of hydrogen-bond donors (Lipinski definition) is 1. The molecule has 1 N–H and O–H groups in total. The lowest BCUT2D eigenvalue weighted by Gasteiger charge is -2.07. The van der Waals surface area contributed by atoms with Crippen LogP contribution in [0, 0.1) is 0 Å². The second-order valence-electron chi connectivity index (χ2n) is 4.72. The number of carbonyl (C=O) groups is 1. The van der Waals surface area contributed by atoms with Gasteiger partial charge in [0, 0.05) is 11.8 Å². The van der Waals surface area contributed by atoms with E-state index in [1.165, 1.54) is 29.2 Å². The minimum Gasteiger partial charge on any atom is -0.435 e. The Bertz CT molecular complexity index is 837. The van der Waals surface area contributed by atoms with Crippen LogP contribution >= 0.6 is 0 Å². The fourth-order valence-corrected chi connectivity index (χ4v) is 2.00. The van der Waals surface area contributed by atoms with E-state index in [4.69, 9.17) is 0 Å². The minimum atomic E-state index is -2.93. The van der Waals surface area contributed by atoms with E-state index in [-0.39, 0.29) is 11.4 Å². The van der Waals surface area contributed by atoms with Crippen molar-refractivity contribution in [3.05, 3.63) is 66.5 Å². The number of para-hydroxylation sites is 1. The lowest BCUT2D eigenvalue weighted by atomic mass is 10.3. The van der Waals surface area contributed by atoms with Crippen LogP contribution < -0.4 is 10.1 Å². The second-order valence-corrected chi connectivity index (χ2v) is 4.72. The van der Waals surface area contributed by atoms with Gasteiger partial charge in [-0.25, -0.2) is 0 Å². The third-order valence-corrected chi connectivity index (χ3v) is 3.03. The molecule has 8 heteroatoms. The number of benzene rings is 2. The van der Waals surface area contributed by atoms with Gasteiger partial charge in [-0.3, -0.25) is 4.79 Å². The van der Waals surface area contributed by atoms with Gasteiger partial charge < -0.3 is 10.1 Å². The quantitative estimate of drug-likeness (QED) is 0.780. The number of anilines is 1. The van der Waals surface area contributed by atoms with Crippen LogP contribution in [0.15, 0.2) is 60.8 Å². The Hall–Kier alpha value is -3.29. The lowest BCUT2D eigenvalue weighted by molar-refractivity contribution is -0.0497. The average molecular weight is 330 g/mol. The Labute approximate surface area is 135 Å². The van der Waals surface area contributed by atoms with Crippen LogP contribution in [0.2, 0.25) is 0 Å². The number of nitrogens with zero attached hydrogens (tertiary/aromatic N) is 3. The van der Waals surface area contributed by atoms with Gasteiger partial charge >= 0.3 is 6.61 Å². The summed E-state index contributed by atoms with van der Waals surface area (Å²) in [5.74, 6) is -0.554. The Morgan fingerprint density at radius 1 is 1.12 bits per heavy atom. The van der Waals surface area contributed by atoms with Crippen molar-refractivity contribution in [2.75, 3.05) is 5.32 Å². The molecule has 0 atom stereocenters. The first-order valence-electron chi connectivity index (χ1n) is 6.96. The number of ether oxygens (including phenoxy) is 1. The molecule has 3 rings (SSSR count). The molecule has 0 spiro atoms. The van der Waals surface area contributed by atoms with Crippen molar-refractivity contribution in [2.24, 2.45) is 0 Å². The zero-order valence-electron chi connectivity index (χ0n) is 12.3. The first-order valence-corrected chi connectivity index (χ1v) is 6.96. The van der Waals surface area contributed by atoms with Crippen LogP contribution in [0.25, 0.3) is 5.69 Å². The molecule has 3 aromatic rings. The number of halogens is 2. The Morgan fingerprint density at radius 2 is 1.92 bits per heavy atom. The van der Waals surface area contributed by atoms with Gasteiger partial charge in [0.15, 0.2) is 5.69 Å². The van der Waals surface area contributed by atoms with E-state index in [1.54, 1.807) is 18.2 Å². The van der Waals surface area contributed by atoms with E-state index >= 15 is 0 Å². The van der Waals surface area contributed by atoms with Crippen LogP contribution in [-0.4, -0.2) is 27.5 Å². The molecular weight excluding hydrogens is 318 g/mol. The van der Waals surface area contributed by atoms with Crippen molar-refractivity contribution in [3.63, 3.8) is 0 Å². The molecule has 1 aromatic heterocycles. The van der Waals surface area contributed by atoms with E-state index in [0.717, 1.165) is 0 Å². The lowest BCUT2D eigenvalue weighted by Crippen LogP contribution is -2.13. The van der Waals surface area contributed by atoms with Crippen molar-refractivity contribution in [2.45, 2.75) is 6.61 Å². The summed E-state index contributed by atoms with van der Waals surface area (Å²) in [5, 5.41) is 10.7. The summed E-state index contributed by atoms with van der Waals surface area (Å²) < 4.78 is 28.7. The summed E-state index contributed by atoms with van der Waals surface area (Å²) >= 11 is 0. The number of carbonyl (C=O) groups excluding carboxylic acids is 1. The molecule has 0 aliphatic heterocycles. The van der Waals surface area contributed by atoms with Crippen LogP contribution in [0.4, 0.5) is 14.5 Å². The number of alkyl halides is 2. The number of aromatic nitrogens is 3. The molecule has 0 unspecified atom stereocenters. The van der Waals surface area contributed by atoms with E-state index in [2.05, 4.69) is 20.3 Å². The van der Waals surface area contributed by atoms with E-state index < -0.39 is 12.5 Å². The molecule has 0 saturated carbocycles. The Kier molecular flexibility index (Phi) is 4.46. The molecule has 2 aromatic carbocycles. The van der Waals surface area contributed by atoms with Gasteiger partial charge in [-0.1, -0.05) is 24.3 Å². The van der Waals surface area contributed by atoms with Crippen molar-refractivity contribution in [3.8, 4) is 11.4 Å². The maximum atomic E-state index is 12.2. The zero-order chi connectivity index (χ0) is 16.9. The smallest absolute Gasteiger partial charge is 0.387 e. The minimum absolute atomic E-state index is 0.0456. The van der Waals surface area contributed by atoms with Crippen LogP contribution in [0.3, 0.4) is 0 Å². The van der Waals surface area contributed by atoms with Gasteiger partial charge in [0.2, 0.25) is 0 Å². The largest absolute Gasteiger partial charge is 0.435 e. The molecule has 1 heterocycles. The molecule has 0 aliphatic carbocycles. The predicted molar refractivity (Wildman–Crippen MR) is 82.4 cm³/mol. The molecule has 0 fully saturated rings. The summed E-state index contributed by atoms with van der Waals surface area (Å²) in [6.45, 7) is -2.93. The second kappa shape index (κ2) is 6.86. The molecule has 6 nitrogen and oxygen atoms in total. The van der Waals surface area contributed by atoms with Crippen LogP contribution in [-0.2, 0) is 0 Å². The van der Waals surface area contributed by atoms with Crippen molar-refractivity contribution < 1.29 is 18.3 Å². The summed E-state index contributed by atoms with van der Waals surface area (Å²) in [6, 6.07) is 14.8. The topological polar surface area (TPSA) is 69.0 Å². The highest BCUT2D eigenvalue weighted by Crippen LogP contribution is 2.19. The van der Waals surface area contributed by atoms with Gasteiger partial charge in [0.1, 0.15) is 5.75 Å². The first kappa shape index (κ1) is 15.6. The maximum Gasteiger partial charge on any atom is 0.387 e. The molecule has 0 bridgehead atoms. The first-order chi connectivity index (χ1) is 11.6. The third kappa shape index (κ3) is 3.72. The number of nitrogens with one attached hydrogen (secondary N) is 1. The maximum absolute atomic E-state index is 12.2. The fraction of sp³-hybridized carbons (Fsp3) is 0.0625. The number of rotatable bonds is 5. The average Bonchev–Trinajstić information content (AvgIpc) is 3.05. The van der Waals surface area contributed by atoms with Gasteiger partial charge in [-0.2, -0.15) is 18.7 Å². The van der Waals surface area contributed by atoms with E-state index in [1.807, 2.05) is 18.2 Å². The molecule has 0 radical (unpaired) electrons. The third-order valence-electron chi connectivity index (χ3n) is 3.03. The zero-order valence-corrected chi connectivity index (χ0v) is 12.3. The van der Waals surface area contributed by atoms with E-state index in [9.17, 15) is 13.6 Å². The van der Waals surface area contributed by atoms with E-state index in [0.29, 0.717) is 11.4 Å². The van der Waals surface area contributed by atoms with Crippen LogP contribution in [0.5, 0.6) is 5.75 Å². The number of hydrogen-bond acceptors (Lipinski definition) is 4. The SMILES string of the molecule is O=C(Nc1cccc(OC(F)F)c1)c1cnn(-c2ccccc2)n1. The highest BCUT2D eigenvalue weighted by molar-refractivity contribution is 6.02. The summed E-state index contributed by atoms with van der Waals surface area (Å²) in [4.78, 5) is 13.5. The van der Waals surface area contributed by atoms with Gasteiger partial charge in [-0.15, -0.1) is 5.10 Å². The monoisotopic (exact) mass is 330 g/mol. The highest BCUT2D eigenvalue weighted by atomic mass is 19.3. The standard InChI is InChI=1S/C16H12F2N4O2/c17-16(18)24-13-8-4-5-11(9-13)20-15(23)14-10-19-22(21-14)12-6-2-1-3-7-12/h1-10,16H,(H,20,23). The molecule has 0 aliphatic rings. The fourth-order valence-electron chi connectivity index (χ4n) is 2.00. The van der Waals surface area contributed by atoms with Crippen LogP contribution in [0.1, 0.15) is 10.5 Å². The molecule has 1 amide bonds. The van der Waals surface area contributed by atoms with Gasteiger partial charge in [0.05, 0.1) is 11.9 Å². The summed E-state index contributed by atoms with van der Waals surface area (Å²) in [5.41, 5.74) is 1.12. The van der Waals surface area contributed by atoms with Crippen molar-refractivity contribution >= 4 is 11.6 Å². The Morgan fingerprint density at radius 3 is 2.67 bits per heavy atom. The Balaban J connectivity index is 1.73. The van der Waals surface area contributed by atoms with Crippen molar-refractivity contribution in [1.29, 1.82) is 0 Å². The highest BCUT2D eigenvalue weighted by Gasteiger charge is 2.12. The summed E-state index contributed by atoms with van der Waals surface area (Å²) in [7, 11) is 0. The molecule has 0 saturated heterocycles. The van der Waals surface area contributed by atoms with Crippen molar-refractivity contribution in [1.82, 2.24) is 15.0 Å². The molecule has 24 heavy (non-hydrogen) atoms. The van der Waals surface area contributed by atoms with Gasteiger partial charge in [-0.05, 0) is 24.3 Å².